The van der Waals surface area contributed by atoms with Crippen LogP contribution in [0.2, 0.25) is 0 Å². The zero-order valence-corrected chi connectivity index (χ0v) is 73.2. The zero-order valence-electron chi connectivity index (χ0n) is 73.2. The molecule has 0 bridgehead atoms. The molecule has 1 aliphatic carbocycles. The Morgan fingerprint density at radius 2 is 0.504 bits per heavy atom. The minimum absolute atomic E-state index is 0.118. The molecule has 21 aromatic carbocycles. The van der Waals surface area contributed by atoms with Crippen molar-refractivity contribution in [1.29, 1.82) is 0 Å². The molecule has 0 atom stereocenters. The zero-order chi connectivity index (χ0) is 88.2. The second-order valence-corrected chi connectivity index (χ2v) is 35.1. The first kappa shape index (κ1) is 77.8. The molecular formula is C125H86N6O2. The molecule has 0 spiro atoms. The molecule has 0 radical (unpaired) electrons. The molecule has 0 fully saturated rings. The fraction of sp³-hybridized carbons (Fsp3) is 0.0240. The second kappa shape index (κ2) is 32.1. The van der Waals surface area contributed by atoms with Crippen LogP contribution in [-0.2, 0) is 5.41 Å². The van der Waals surface area contributed by atoms with E-state index in [0.717, 1.165) is 108 Å². The smallest absolute Gasteiger partial charge is 0.151 e. The highest BCUT2D eigenvalue weighted by Crippen LogP contribution is 2.55. The number of fused-ring (bicyclic) bond motifs is 15. The first-order valence-electron chi connectivity index (χ1n) is 45.6. The Hall–Kier alpha value is -17.5. The maximum absolute atomic E-state index is 6.27. The van der Waals surface area contributed by atoms with Crippen LogP contribution in [0.4, 0.5) is 68.2 Å². The predicted molar refractivity (Wildman–Crippen MR) is 555 cm³/mol. The van der Waals surface area contributed by atoms with Crippen molar-refractivity contribution in [3.63, 3.8) is 0 Å². The lowest BCUT2D eigenvalue weighted by Gasteiger charge is -2.32. The number of nitrogens with zero attached hydrogens (tertiary/aromatic N) is 6. The number of benzene rings is 21. The van der Waals surface area contributed by atoms with Gasteiger partial charge in [0.2, 0.25) is 0 Å². The van der Waals surface area contributed by atoms with Crippen molar-refractivity contribution >= 4 is 133 Å². The Morgan fingerprint density at radius 3 is 0.910 bits per heavy atom. The molecule has 628 valence electrons. The normalized spacial score (nSPS) is 12.6. The van der Waals surface area contributed by atoms with Crippen LogP contribution in [0.1, 0.15) is 25.0 Å². The largest absolute Gasteiger partial charge is 0.453 e. The van der Waals surface area contributed by atoms with E-state index in [1.807, 2.05) is 48.5 Å². The van der Waals surface area contributed by atoms with E-state index in [1.165, 1.54) is 126 Å². The Balaban J connectivity index is 0.000000146. The third kappa shape index (κ3) is 13.4. The predicted octanol–water partition coefficient (Wildman–Crippen LogP) is 34.9. The fourth-order valence-electron chi connectivity index (χ4n) is 20.7. The molecule has 8 nitrogen and oxygen atoms in total. The molecule has 0 saturated heterocycles. The molecule has 8 heteroatoms. The van der Waals surface area contributed by atoms with Gasteiger partial charge in [0, 0.05) is 83.2 Å². The molecule has 0 unspecified atom stereocenters. The molecule has 23 aromatic rings. The summed E-state index contributed by atoms with van der Waals surface area (Å²) in [6.07, 6.45) is 0. The number of aromatic nitrogens is 2. The Kier molecular flexibility index (Phi) is 18.8. The number of hydrogen-bond donors (Lipinski definition) is 0. The minimum Gasteiger partial charge on any atom is -0.453 e. The van der Waals surface area contributed by atoms with Crippen LogP contribution in [0.15, 0.2) is 485 Å². The lowest BCUT2D eigenvalue weighted by atomic mass is 9.82. The van der Waals surface area contributed by atoms with E-state index in [1.54, 1.807) is 0 Å². The van der Waals surface area contributed by atoms with Crippen LogP contribution >= 0.6 is 0 Å². The molecule has 0 saturated carbocycles. The van der Waals surface area contributed by atoms with Gasteiger partial charge in [-0.3, -0.25) is 0 Å². The first-order chi connectivity index (χ1) is 65.7. The number of ether oxygens (including phenoxy) is 2. The molecule has 0 amide bonds. The fourth-order valence-corrected chi connectivity index (χ4v) is 20.7. The van der Waals surface area contributed by atoms with Crippen molar-refractivity contribution < 1.29 is 9.47 Å². The average molecular weight is 1700 g/mol. The van der Waals surface area contributed by atoms with Gasteiger partial charge in [-0.25, -0.2) is 0 Å². The van der Waals surface area contributed by atoms with Crippen molar-refractivity contribution in [3.8, 4) is 90.0 Å². The summed E-state index contributed by atoms with van der Waals surface area (Å²) in [6.45, 7) is 4.73. The van der Waals surface area contributed by atoms with Gasteiger partial charge in [-0.1, -0.05) is 293 Å². The highest BCUT2D eigenvalue weighted by atomic mass is 16.5. The summed E-state index contributed by atoms with van der Waals surface area (Å²) in [5, 5.41) is 9.72. The second-order valence-electron chi connectivity index (χ2n) is 35.1. The van der Waals surface area contributed by atoms with E-state index in [2.05, 4.69) is 479 Å². The molecule has 26 rings (SSSR count). The van der Waals surface area contributed by atoms with Gasteiger partial charge >= 0.3 is 0 Å². The van der Waals surface area contributed by atoms with Gasteiger partial charge < -0.3 is 38.2 Å². The van der Waals surface area contributed by atoms with Crippen LogP contribution in [0, 0.1) is 0 Å². The number of rotatable bonds is 14. The van der Waals surface area contributed by atoms with Crippen LogP contribution in [0.25, 0.3) is 132 Å². The molecule has 0 N–H and O–H groups in total. The third-order valence-corrected chi connectivity index (χ3v) is 27.1. The summed E-state index contributed by atoms with van der Waals surface area (Å²) < 4.78 is 17.4. The van der Waals surface area contributed by atoms with E-state index in [-0.39, 0.29) is 5.41 Å². The minimum atomic E-state index is -0.118. The van der Waals surface area contributed by atoms with E-state index in [0.29, 0.717) is 0 Å². The average Bonchev–Trinajstić information content (AvgIpc) is 1.57. The van der Waals surface area contributed by atoms with Crippen molar-refractivity contribution in [2.75, 3.05) is 19.6 Å². The van der Waals surface area contributed by atoms with Gasteiger partial charge in [0.25, 0.3) is 0 Å². The van der Waals surface area contributed by atoms with Crippen molar-refractivity contribution in [3.05, 3.63) is 496 Å². The highest BCUT2D eigenvalue weighted by molar-refractivity contribution is 6.14. The van der Waals surface area contributed by atoms with Crippen molar-refractivity contribution in [2.24, 2.45) is 0 Å². The summed E-state index contributed by atoms with van der Waals surface area (Å²) in [7, 11) is 0. The third-order valence-electron chi connectivity index (χ3n) is 27.1. The quantitative estimate of drug-likeness (QED) is 0.108. The Morgan fingerprint density at radius 1 is 0.203 bits per heavy atom. The molecule has 3 aliphatic rings. The summed E-state index contributed by atoms with van der Waals surface area (Å²) >= 11 is 0. The van der Waals surface area contributed by atoms with Gasteiger partial charge in [0.15, 0.2) is 23.0 Å². The van der Waals surface area contributed by atoms with Gasteiger partial charge in [-0.2, -0.15) is 0 Å². The van der Waals surface area contributed by atoms with Crippen LogP contribution in [-0.4, -0.2) is 9.13 Å². The number of para-hydroxylation sites is 11. The van der Waals surface area contributed by atoms with Gasteiger partial charge in [-0.05, 0) is 284 Å². The summed E-state index contributed by atoms with van der Waals surface area (Å²) in [5.74, 6) is 3.39. The lowest BCUT2D eigenvalue weighted by molar-refractivity contribution is 0.477. The van der Waals surface area contributed by atoms with Crippen molar-refractivity contribution in [1.82, 2.24) is 9.13 Å². The first-order valence-corrected chi connectivity index (χ1v) is 45.6. The SMILES string of the molecule is CC1(C)c2ccccc2-c2ccc(-n3c4ccc(-c5ccc(N(c6ccccc6)c6cccc7ccccc67)cc5)cc4c4cc(-c5ccc(N(c6ccccc6)c6cccc7ccccc67)cc5)ccc43)cc21.c1ccc(-n2c3ccc(-c4ccc(N5c6ccccc6Oc6ccccc65)cc4)cc3c3cc(-c4ccc(N5c6ccccc6Oc6ccccc65)cc4)ccc32)cc1. The van der Waals surface area contributed by atoms with E-state index >= 15 is 0 Å². The van der Waals surface area contributed by atoms with Gasteiger partial charge in [-0.15, -0.1) is 0 Å². The number of anilines is 12. The van der Waals surface area contributed by atoms with E-state index < -0.39 is 0 Å². The highest BCUT2D eigenvalue weighted by Gasteiger charge is 2.36. The standard InChI is InChI=1S/C71H51N3.C54H35N3O2/c1-71(2)65-28-14-13-27-61(65)62-42-41-58(47-66(62)71)74-69-43-35-52(48-31-37-56(38-32-48)72(54-21-5-3-6-22-54)67-29-15-19-50-17-9-11-25-59(50)67)45-63(69)64-46-53(36-44-70(64)74)49-33-39-57(40-34-49)73(55-23-7-4-8-24-55)68-30-16-20-51-18-10-12-26-60(51)68;1-2-12-40(13-3-1)55-45-32-26-38(36-22-28-41(29-23-36)56-47-14-4-8-18-51(47)58-52-19-9-5-15-48(52)56)34-43(45)44-35-39(27-33-46(44)55)37-24-30-42(31-25-37)57-49-16-6-10-20-53(49)59-54-21-11-7-17-50(54)57/h3-47H,1-2H3;1-35H. The summed E-state index contributed by atoms with van der Waals surface area (Å²) in [4.78, 5) is 9.30. The van der Waals surface area contributed by atoms with Gasteiger partial charge in [0.1, 0.15) is 0 Å². The molecule has 2 aromatic heterocycles. The van der Waals surface area contributed by atoms with Crippen LogP contribution in [0.5, 0.6) is 23.0 Å². The van der Waals surface area contributed by atoms with E-state index in [4.69, 9.17) is 9.47 Å². The van der Waals surface area contributed by atoms with Crippen LogP contribution in [0.3, 0.4) is 0 Å². The van der Waals surface area contributed by atoms with Gasteiger partial charge in [0.05, 0.1) is 56.2 Å². The van der Waals surface area contributed by atoms with E-state index in [9.17, 15) is 0 Å². The van der Waals surface area contributed by atoms with Crippen LogP contribution < -0.4 is 29.1 Å². The maximum atomic E-state index is 6.27. The molecule has 4 heterocycles. The van der Waals surface area contributed by atoms with Crippen molar-refractivity contribution in [2.45, 2.75) is 19.3 Å². The molecule has 133 heavy (non-hydrogen) atoms. The monoisotopic (exact) mass is 1700 g/mol. The topological polar surface area (TPSA) is 41.3 Å². The molecular weight excluding hydrogens is 1620 g/mol. The Labute approximate surface area is 772 Å². The Bertz CT molecular complexity index is 7950. The summed E-state index contributed by atoms with van der Waals surface area (Å²) in [6, 6.07) is 175. The molecule has 2 aliphatic heterocycles. The summed E-state index contributed by atoms with van der Waals surface area (Å²) in [5.41, 5.74) is 34.6. The maximum Gasteiger partial charge on any atom is 0.151 e. The number of hydrogen-bond acceptors (Lipinski definition) is 6. The lowest BCUT2D eigenvalue weighted by Crippen LogP contribution is -2.15.